The highest BCUT2D eigenvalue weighted by atomic mass is 16.2. The first kappa shape index (κ1) is 12.7. The SMILES string of the molecule is CC(C(=O)N(C)C)n1c(C2CC2)nc2c1CCNC2. The van der Waals surface area contributed by atoms with Crippen molar-refractivity contribution in [2.45, 2.75) is 44.7 Å². The van der Waals surface area contributed by atoms with Crippen LogP contribution in [0.25, 0.3) is 0 Å². The molecule has 1 aromatic rings. The van der Waals surface area contributed by atoms with Crippen molar-refractivity contribution in [3.8, 4) is 0 Å². The van der Waals surface area contributed by atoms with Crippen LogP contribution in [0.4, 0.5) is 0 Å². The Morgan fingerprint density at radius 2 is 2.21 bits per heavy atom. The molecule has 1 aliphatic carbocycles. The van der Waals surface area contributed by atoms with Gasteiger partial charge in [-0.05, 0) is 19.8 Å². The summed E-state index contributed by atoms with van der Waals surface area (Å²) in [6.07, 6.45) is 3.40. The Kier molecular flexibility index (Phi) is 3.09. The molecule has 19 heavy (non-hydrogen) atoms. The Balaban J connectivity index is 2.02. The van der Waals surface area contributed by atoms with Crippen LogP contribution in [0.3, 0.4) is 0 Å². The lowest BCUT2D eigenvalue weighted by Gasteiger charge is -2.23. The minimum absolute atomic E-state index is 0.139. The maximum Gasteiger partial charge on any atom is 0.244 e. The van der Waals surface area contributed by atoms with E-state index in [-0.39, 0.29) is 11.9 Å². The lowest BCUT2D eigenvalue weighted by molar-refractivity contribution is -0.131. The summed E-state index contributed by atoms with van der Waals surface area (Å²) in [5, 5.41) is 3.36. The molecule has 0 aromatic carbocycles. The smallest absolute Gasteiger partial charge is 0.244 e. The van der Waals surface area contributed by atoms with E-state index < -0.39 is 0 Å². The van der Waals surface area contributed by atoms with Crippen molar-refractivity contribution in [1.29, 1.82) is 0 Å². The number of aromatic nitrogens is 2. The van der Waals surface area contributed by atoms with Crippen LogP contribution < -0.4 is 5.32 Å². The minimum atomic E-state index is -0.139. The van der Waals surface area contributed by atoms with Crippen molar-refractivity contribution in [3.63, 3.8) is 0 Å². The number of nitrogens with zero attached hydrogens (tertiary/aromatic N) is 3. The number of carbonyl (C=O) groups is 1. The third-order valence-corrected chi connectivity index (χ3v) is 4.08. The summed E-state index contributed by atoms with van der Waals surface area (Å²) in [5.74, 6) is 1.86. The van der Waals surface area contributed by atoms with Crippen LogP contribution in [0.1, 0.15) is 48.9 Å². The number of amides is 1. The summed E-state index contributed by atoms with van der Waals surface area (Å²) in [6, 6.07) is -0.139. The molecule has 0 saturated heterocycles. The maximum absolute atomic E-state index is 12.3. The van der Waals surface area contributed by atoms with Gasteiger partial charge in [-0.2, -0.15) is 0 Å². The van der Waals surface area contributed by atoms with Gasteiger partial charge in [-0.3, -0.25) is 4.79 Å². The Morgan fingerprint density at radius 1 is 1.47 bits per heavy atom. The summed E-state index contributed by atoms with van der Waals surface area (Å²) in [5.41, 5.74) is 2.41. The van der Waals surface area contributed by atoms with E-state index in [1.165, 1.54) is 18.5 Å². The minimum Gasteiger partial charge on any atom is -0.347 e. The monoisotopic (exact) mass is 262 g/mol. The Bertz CT molecular complexity index is 502. The van der Waals surface area contributed by atoms with Crippen LogP contribution in [0.5, 0.6) is 0 Å². The number of hydrogen-bond donors (Lipinski definition) is 1. The summed E-state index contributed by atoms with van der Waals surface area (Å²) < 4.78 is 2.22. The summed E-state index contributed by atoms with van der Waals surface area (Å²) in [4.78, 5) is 18.8. The zero-order chi connectivity index (χ0) is 13.6. The van der Waals surface area contributed by atoms with Gasteiger partial charge >= 0.3 is 0 Å². The van der Waals surface area contributed by atoms with Crippen molar-refractivity contribution in [3.05, 3.63) is 17.2 Å². The molecule has 0 radical (unpaired) electrons. The average Bonchev–Trinajstić information content (AvgIpc) is 3.17. The summed E-state index contributed by atoms with van der Waals surface area (Å²) in [6.45, 7) is 3.81. The zero-order valence-electron chi connectivity index (χ0n) is 11.9. The molecule has 1 aliphatic heterocycles. The highest BCUT2D eigenvalue weighted by Crippen LogP contribution is 2.41. The number of fused-ring (bicyclic) bond motifs is 1. The summed E-state index contributed by atoms with van der Waals surface area (Å²) >= 11 is 0. The molecule has 2 aliphatic rings. The van der Waals surface area contributed by atoms with E-state index in [0.717, 1.165) is 31.0 Å². The van der Waals surface area contributed by atoms with Gasteiger partial charge in [0.25, 0.3) is 0 Å². The van der Waals surface area contributed by atoms with E-state index in [1.807, 2.05) is 21.0 Å². The van der Waals surface area contributed by atoms with Gasteiger partial charge in [0, 0.05) is 45.2 Å². The zero-order valence-corrected chi connectivity index (χ0v) is 11.9. The standard InChI is InChI=1S/C14H22N4O/c1-9(14(19)17(2)3)18-12-6-7-15-8-11(12)16-13(18)10-4-5-10/h9-10,15H,4-8H2,1-3H3. The highest BCUT2D eigenvalue weighted by Gasteiger charge is 2.34. The highest BCUT2D eigenvalue weighted by molar-refractivity contribution is 5.79. The lowest BCUT2D eigenvalue weighted by atomic mass is 10.1. The van der Waals surface area contributed by atoms with E-state index in [2.05, 4.69) is 9.88 Å². The first-order valence-electron chi connectivity index (χ1n) is 7.11. The molecule has 5 nitrogen and oxygen atoms in total. The molecule has 1 saturated carbocycles. The van der Waals surface area contributed by atoms with Crippen molar-refractivity contribution in [2.75, 3.05) is 20.6 Å². The molecule has 3 rings (SSSR count). The van der Waals surface area contributed by atoms with Crippen LogP contribution in [0.2, 0.25) is 0 Å². The van der Waals surface area contributed by atoms with Gasteiger partial charge in [-0.1, -0.05) is 0 Å². The largest absolute Gasteiger partial charge is 0.347 e. The quantitative estimate of drug-likeness (QED) is 0.886. The Labute approximate surface area is 114 Å². The number of rotatable bonds is 3. The van der Waals surface area contributed by atoms with Gasteiger partial charge in [0.2, 0.25) is 5.91 Å². The van der Waals surface area contributed by atoms with E-state index in [0.29, 0.717) is 5.92 Å². The van der Waals surface area contributed by atoms with Crippen LogP contribution in [0, 0.1) is 0 Å². The van der Waals surface area contributed by atoms with Crippen LogP contribution >= 0.6 is 0 Å². The van der Waals surface area contributed by atoms with Crippen molar-refractivity contribution in [1.82, 2.24) is 19.8 Å². The predicted octanol–water partition coefficient (Wildman–Crippen LogP) is 1.06. The van der Waals surface area contributed by atoms with E-state index >= 15 is 0 Å². The van der Waals surface area contributed by atoms with Crippen LogP contribution in [-0.2, 0) is 17.8 Å². The first-order chi connectivity index (χ1) is 9.09. The van der Waals surface area contributed by atoms with Gasteiger partial charge in [0.05, 0.1) is 5.69 Å². The molecule has 1 N–H and O–H groups in total. The number of imidazole rings is 1. The van der Waals surface area contributed by atoms with Crippen molar-refractivity contribution >= 4 is 5.91 Å². The maximum atomic E-state index is 12.3. The molecule has 0 bridgehead atoms. The van der Waals surface area contributed by atoms with Gasteiger partial charge < -0.3 is 14.8 Å². The van der Waals surface area contributed by atoms with Crippen molar-refractivity contribution in [2.24, 2.45) is 0 Å². The molecule has 1 fully saturated rings. The van der Waals surface area contributed by atoms with Crippen LogP contribution in [0.15, 0.2) is 0 Å². The fourth-order valence-electron chi connectivity index (χ4n) is 2.90. The third-order valence-electron chi connectivity index (χ3n) is 4.08. The number of nitrogens with one attached hydrogen (secondary N) is 1. The Hall–Kier alpha value is -1.36. The van der Waals surface area contributed by atoms with Gasteiger partial charge in [-0.25, -0.2) is 4.98 Å². The molecule has 1 unspecified atom stereocenters. The van der Waals surface area contributed by atoms with E-state index in [4.69, 9.17) is 4.98 Å². The molecule has 104 valence electrons. The molecular formula is C14H22N4O. The normalized spacial score (nSPS) is 19.9. The molecule has 2 heterocycles. The number of hydrogen-bond acceptors (Lipinski definition) is 3. The third kappa shape index (κ3) is 2.16. The van der Waals surface area contributed by atoms with Crippen molar-refractivity contribution < 1.29 is 4.79 Å². The lowest BCUT2D eigenvalue weighted by Crippen LogP contribution is -2.33. The molecule has 1 atom stereocenters. The second-order valence-corrected chi connectivity index (χ2v) is 5.84. The first-order valence-corrected chi connectivity index (χ1v) is 7.11. The second-order valence-electron chi connectivity index (χ2n) is 5.84. The van der Waals surface area contributed by atoms with Gasteiger partial charge in [-0.15, -0.1) is 0 Å². The predicted molar refractivity (Wildman–Crippen MR) is 73.0 cm³/mol. The second kappa shape index (κ2) is 4.63. The van der Waals surface area contributed by atoms with Crippen LogP contribution in [-0.4, -0.2) is 41.0 Å². The summed E-state index contributed by atoms with van der Waals surface area (Å²) in [7, 11) is 3.64. The molecule has 1 aromatic heterocycles. The molecule has 1 amide bonds. The van der Waals surface area contributed by atoms with E-state index in [1.54, 1.807) is 4.90 Å². The fourth-order valence-corrected chi connectivity index (χ4v) is 2.90. The average molecular weight is 262 g/mol. The van der Waals surface area contributed by atoms with E-state index in [9.17, 15) is 4.79 Å². The molecular weight excluding hydrogens is 240 g/mol. The molecule has 0 spiro atoms. The Morgan fingerprint density at radius 3 is 2.84 bits per heavy atom. The van der Waals surface area contributed by atoms with Gasteiger partial charge in [0.15, 0.2) is 0 Å². The fraction of sp³-hybridized carbons (Fsp3) is 0.714. The number of likely N-dealkylation sites (N-methyl/N-ethyl adjacent to an activating group) is 1. The van der Waals surface area contributed by atoms with Gasteiger partial charge in [0.1, 0.15) is 11.9 Å². The molecule has 5 heteroatoms. The topological polar surface area (TPSA) is 50.2 Å². The number of carbonyl (C=O) groups excluding carboxylic acids is 1.